The van der Waals surface area contributed by atoms with E-state index in [9.17, 15) is 4.79 Å². The second-order valence-electron chi connectivity index (χ2n) is 4.86. The Morgan fingerprint density at radius 2 is 2.19 bits per heavy atom. The van der Waals surface area contributed by atoms with E-state index in [2.05, 4.69) is 21.5 Å². The molecule has 0 atom stereocenters. The average Bonchev–Trinajstić information content (AvgIpc) is 3.00. The molecular weight excluding hydrogens is 286 g/mol. The molecule has 0 aliphatic heterocycles. The van der Waals surface area contributed by atoms with E-state index >= 15 is 0 Å². The van der Waals surface area contributed by atoms with Crippen LogP contribution in [-0.2, 0) is 6.42 Å². The minimum absolute atomic E-state index is 0.221. The normalized spacial score (nSPS) is 11.0. The van der Waals surface area contributed by atoms with Gasteiger partial charge < -0.3 is 4.52 Å². The molecule has 0 spiro atoms. The van der Waals surface area contributed by atoms with Gasteiger partial charge in [0.1, 0.15) is 11.3 Å². The van der Waals surface area contributed by atoms with E-state index in [1.165, 1.54) is 16.9 Å². The molecule has 0 aliphatic carbocycles. The Morgan fingerprint density at radius 1 is 1.38 bits per heavy atom. The van der Waals surface area contributed by atoms with Crippen molar-refractivity contribution in [1.29, 1.82) is 0 Å². The van der Waals surface area contributed by atoms with Gasteiger partial charge >= 0.3 is 0 Å². The Labute approximate surface area is 126 Å². The maximum absolute atomic E-state index is 12.4. The number of amides is 1. The van der Waals surface area contributed by atoms with Crippen LogP contribution in [0.25, 0.3) is 10.2 Å². The summed E-state index contributed by atoms with van der Waals surface area (Å²) in [7, 11) is 0. The molecule has 0 radical (unpaired) electrons. The van der Waals surface area contributed by atoms with Gasteiger partial charge in [-0.05, 0) is 38.0 Å². The second kappa shape index (κ2) is 5.29. The van der Waals surface area contributed by atoms with Crippen LogP contribution in [0, 0.1) is 13.8 Å². The minimum Gasteiger partial charge on any atom is -0.361 e. The second-order valence-corrected chi connectivity index (χ2v) is 5.89. The lowest BCUT2D eigenvalue weighted by Crippen LogP contribution is -2.14. The first-order chi connectivity index (χ1) is 10.1. The fourth-order valence-electron chi connectivity index (χ4n) is 2.20. The number of fused-ring (bicyclic) bond motifs is 1. The summed E-state index contributed by atoms with van der Waals surface area (Å²) in [5, 5.41) is 7.32. The SMILES string of the molecule is CCc1noc(C)c1C(=O)Nc1nc2ccc(C)cc2s1. The molecule has 3 rings (SSSR count). The summed E-state index contributed by atoms with van der Waals surface area (Å²) in [5.74, 6) is 0.308. The molecule has 1 amide bonds. The Hall–Kier alpha value is -2.21. The van der Waals surface area contributed by atoms with Crippen LogP contribution in [0.2, 0.25) is 0 Å². The Kier molecular flexibility index (Phi) is 3.47. The summed E-state index contributed by atoms with van der Waals surface area (Å²) >= 11 is 1.46. The lowest BCUT2D eigenvalue weighted by atomic mass is 10.1. The number of anilines is 1. The molecule has 0 saturated carbocycles. The molecule has 0 saturated heterocycles. The topological polar surface area (TPSA) is 68.0 Å². The number of thiazole rings is 1. The van der Waals surface area contributed by atoms with Gasteiger partial charge in [0.25, 0.3) is 5.91 Å². The zero-order valence-electron chi connectivity index (χ0n) is 12.1. The van der Waals surface area contributed by atoms with Gasteiger partial charge in [0.05, 0.1) is 15.9 Å². The summed E-state index contributed by atoms with van der Waals surface area (Å²) < 4.78 is 6.15. The van der Waals surface area contributed by atoms with Crippen LogP contribution in [0.15, 0.2) is 22.7 Å². The van der Waals surface area contributed by atoms with Crippen molar-refractivity contribution >= 4 is 32.6 Å². The molecule has 3 aromatic rings. The fourth-order valence-corrected chi connectivity index (χ4v) is 3.15. The third-order valence-corrected chi connectivity index (χ3v) is 4.19. The van der Waals surface area contributed by atoms with Gasteiger partial charge in [-0.25, -0.2) is 4.98 Å². The molecule has 0 aliphatic rings. The summed E-state index contributed by atoms with van der Waals surface area (Å²) in [6, 6.07) is 6.02. The van der Waals surface area contributed by atoms with Gasteiger partial charge in [-0.3, -0.25) is 10.1 Å². The number of rotatable bonds is 3. The number of benzene rings is 1. The van der Waals surface area contributed by atoms with E-state index in [-0.39, 0.29) is 5.91 Å². The highest BCUT2D eigenvalue weighted by Gasteiger charge is 2.20. The standard InChI is InChI=1S/C15H15N3O2S/c1-4-10-13(9(3)20-18-10)14(19)17-15-16-11-6-5-8(2)7-12(11)21-15/h5-7H,4H2,1-3H3,(H,16,17,19). The van der Waals surface area contributed by atoms with E-state index in [1.54, 1.807) is 6.92 Å². The molecule has 1 N–H and O–H groups in total. The van der Waals surface area contributed by atoms with Crippen molar-refractivity contribution in [3.63, 3.8) is 0 Å². The molecule has 2 heterocycles. The number of nitrogens with zero attached hydrogens (tertiary/aromatic N) is 2. The van der Waals surface area contributed by atoms with Crippen LogP contribution >= 0.6 is 11.3 Å². The molecule has 21 heavy (non-hydrogen) atoms. The first kappa shape index (κ1) is 13.8. The van der Waals surface area contributed by atoms with E-state index < -0.39 is 0 Å². The van der Waals surface area contributed by atoms with E-state index in [0.29, 0.717) is 28.6 Å². The molecule has 2 aromatic heterocycles. The highest BCUT2D eigenvalue weighted by atomic mass is 32.1. The number of nitrogens with one attached hydrogen (secondary N) is 1. The average molecular weight is 301 g/mol. The molecule has 0 bridgehead atoms. The van der Waals surface area contributed by atoms with Crippen LogP contribution in [-0.4, -0.2) is 16.0 Å². The largest absolute Gasteiger partial charge is 0.361 e. The molecular formula is C15H15N3O2S. The van der Waals surface area contributed by atoms with Gasteiger partial charge in [-0.1, -0.05) is 29.5 Å². The van der Waals surface area contributed by atoms with Crippen molar-refractivity contribution in [2.24, 2.45) is 0 Å². The highest BCUT2D eigenvalue weighted by molar-refractivity contribution is 7.22. The van der Waals surface area contributed by atoms with Crippen molar-refractivity contribution < 1.29 is 9.32 Å². The summed E-state index contributed by atoms with van der Waals surface area (Å²) in [6.45, 7) is 5.71. The predicted octanol–water partition coefficient (Wildman–Crippen LogP) is 3.72. The summed E-state index contributed by atoms with van der Waals surface area (Å²) in [4.78, 5) is 16.8. The molecule has 1 aromatic carbocycles. The molecule has 5 nitrogen and oxygen atoms in total. The fraction of sp³-hybridized carbons (Fsp3) is 0.267. The summed E-state index contributed by atoms with van der Waals surface area (Å²) in [6.07, 6.45) is 0.652. The first-order valence-corrected chi connectivity index (χ1v) is 7.54. The van der Waals surface area contributed by atoms with Gasteiger partial charge in [0, 0.05) is 0 Å². The van der Waals surface area contributed by atoms with Crippen LogP contribution in [0.5, 0.6) is 0 Å². The maximum atomic E-state index is 12.4. The third-order valence-electron chi connectivity index (χ3n) is 3.26. The third kappa shape index (κ3) is 2.54. The van der Waals surface area contributed by atoms with Crippen LogP contribution < -0.4 is 5.32 Å². The number of aryl methyl sites for hydroxylation is 3. The minimum atomic E-state index is -0.221. The van der Waals surface area contributed by atoms with E-state index in [1.807, 2.05) is 26.0 Å². The van der Waals surface area contributed by atoms with Gasteiger partial charge in [0.2, 0.25) is 0 Å². The van der Waals surface area contributed by atoms with E-state index in [0.717, 1.165) is 10.2 Å². The van der Waals surface area contributed by atoms with Crippen molar-refractivity contribution in [3.05, 3.63) is 40.8 Å². The predicted molar refractivity (Wildman–Crippen MR) is 82.9 cm³/mol. The van der Waals surface area contributed by atoms with E-state index in [4.69, 9.17) is 4.52 Å². The smallest absolute Gasteiger partial charge is 0.262 e. The van der Waals surface area contributed by atoms with Crippen molar-refractivity contribution in [2.75, 3.05) is 5.32 Å². The van der Waals surface area contributed by atoms with Crippen molar-refractivity contribution in [3.8, 4) is 0 Å². The van der Waals surface area contributed by atoms with Crippen LogP contribution in [0.1, 0.15) is 34.3 Å². The zero-order chi connectivity index (χ0) is 15.0. The maximum Gasteiger partial charge on any atom is 0.262 e. The Bertz CT molecular complexity index is 820. The summed E-state index contributed by atoms with van der Waals surface area (Å²) in [5.41, 5.74) is 3.24. The number of carbonyl (C=O) groups is 1. The number of carbonyl (C=O) groups excluding carboxylic acids is 1. The van der Waals surface area contributed by atoms with Gasteiger partial charge in [0.15, 0.2) is 5.13 Å². The molecule has 0 unspecified atom stereocenters. The van der Waals surface area contributed by atoms with Crippen LogP contribution in [0.4, 0.5) is 5.13 Å². The zero-order valence-corrected chi connectivity index (χ0v) is 12.9. The number of aromatic nitrogens is 2. The lowest BCUT2D eigenvalue weighted by molar-refractivity contribution is 0.102. The van der Waals surface area contributed by atoms with Gasteiger partial charge in [-0.2, -0.15) is 0 Å². The highest BCUT2D eigenvalue weighted by Crippen LogP contribution is 2.27. The molecule has 6 heteroatoms. The Balaban J connectivity index is 1.90. The quantitative estimate of drug-likeness (QED) is 0.800. The Morgan fingerprint density at radius 3 is 2.95 bits per heavy atom. The number of hydrogen-bond acceptors (Lipinski definition) is 5. The number of hydrogen-bond donors (Lipinski definition) is 1. The van der Waals surface area contributed by atoms with Gasteiger partial charge in [-0.15, -0.1) is 0 Å². The van der Waals surface area contributed by atoms with Crippen molar-refractivity contribution in [1.82, 2.24) is 10.1 Å². The monoisotopic (exact) mass is 301 g/mol. The van der Waals surface area contributed by atoms with Crippen LogP contribution in [0.3, 0.4) is 0 Å². The first-order valence-electron chi connectivity index (χ1n) is 6.72. The van der Waals surface area contributed by atoms with Crippen molar-refractivity contribution in [2.45, 2.75) is 27.2 Å². The molecule has 0 fully saturated rings. The molecule has 108 valence electrons. The lowest BCUT2D eigenvalue weighted by Gasteiger charge is -2.00.